The Kier molecular flexibility index (Phi) is 5.51. The number of ketones is 1. The smallest absolute Gasteiger partial charge is 0.267 e. The zero-order valence-electron chi connectivity index (χ0n) is 12.7. The van der Waals surface area contributed by atoms with Gasteiger partial charge in [0.1, 0.15) is 5.69 Å². The topological polar surface area (TPSA) is 71.3 Å². The molecule has 1 aromatic heterocycles. The van der Waals surface area contributed by atoms with Crippen LogP contribution in [-0.4, -0.2) is 34.5 Å². The van der Waals surface area contributed by atoms with Crippen molar-refractivity contribution in [2.75, 3.05) is 13.2 Å². The van der Waals surface area contributed by atoms with Gasteiger partial charge in [0, 0.05) is 30.8 Å². The summed E-state index contributed by atoms with van der Waals surface area (Å²) in [6, 6.07) is 1.59. The molecule has 0 aliphatic carbocycles. The number of hydrogen-bond acceptors (Lipinski definition) is 3. The van der Waals surface area contributed by atoms with E-state index in [2.05, 4.69) is 5.32 Å². The van der Waals surface area contributed by atoms with Crippen LogP contribution in [0.4, 0.5) is 0 Å². The quantitative estimate of drug-likeness (QED) is 0.748. The minimum absolute atomic E-state index is 0.0477. The van der Waals surface area contributed by atoms with E-state index in [0.717, 1.165) is 12.8 Å². The van der Waals surface area contributed by atoms with Crippen molar-refractivity contribution in [1.82, 2.24) is 9.88 Å². The highest BCUT2D eigenvalue weighted by Crippen LogP contribution is 2.24. The highest BCUT2D eigenvalue weighted by Gasteiger charge is 2.26. The van der Waals surface area contributed by atoms with Gasteiger partial charge in [-0.1, -0.05) is 13.8 Å². The van der Waals surface area contributed by atoms with Gasteiger partial charge in [0.2, 0.25) is 0 Å². The summed E-state index contributed by atoms with van der Waals surface area (Å²) in [5.41, 5.74) is 0.704. The third kappa shape index (κ3) is 3.48. The number of Topliss-reactive ketones (excluding diaryl/α,β-unsaturated/α-hetero) is 1. The van der Waals surface area contributed by atoms with Crippen LogP contribution in [0.5, 0.6) is 0 Å². The Labute approximate surface area is 120 Å². The molecule has 112 valence electrons. The van der Waals surface area contributed by atoms with Crippen molar-refractivity contribution in [3.63, 3.8) is 0 Å². The summed E-state index contributed by atoms with van der Waals surface area (Å²) in [5.74, 6) is -0.286. The normalized spacial score (nSPS) is 11.4. The molecule has 0 atom stereocenters. The zero-order chi connectivity index (χ0) is 15.3. The van der Waals surface area contributed by atoms with Crippen LogP contribution in [0.25, 0.3) is 0 Å². The highest BCUT2D eigenvalue weighted by atomic mass is 16.3. The first-order valence-electron chi connectivity index (χ1n) is 6.95. The number of aryl methyl sites for hydroxylation is 1. The number of hydrogen-bond donors (Lipinski definition) is 2. The molecule has 1 aromatic rings. The van der Waals surface area contributed by atoms with Crippen LogP contribution in [-0.2, 0) is 7.05 Å². The van der Waals surface area contributed by atoms with Crippen molar-refractivity contribution in [2.45, 2.75) is 33.6 Å². The lowest BCUT2D eigenvalue weighted by Gasteiger charge is -2.29. The minimum Gasteiger partial charge on any atom is -0.396 e. The fourth-order valence-electron chi connectivity index (χ4n) is 2.12. The number of aromatic nitrogens is 1. The molecule has 1 amide bonds. The van der Waals surface area contributed by atoms with Crippen molar-refractivity contribution in [3.8, 4) is 0 Å². The summed E-state index contributed by atoms with van der Waals surface area (Å²) >= 11 is 0. The largest absolute Gasteiger partial charge is 0.396 e. The second-order valence-electron chi connectivity index (χ2n) is 5.33. The Bertz CT molecular complexity index is 479. The summed E-state index contributed by atoms with van der Waals surface area (Å²) in [5, 5.41) is 12.3. The van der Waals surface area contributed by atoms with E-state index < -0.39 is 0 Å². The van der Waals surface area contributed by atoms with Crippen LogP contribution in [0.2, 0.25) is 0 Å². The van der Waals surface area contributed by atoms with Gasteiger partial charge in [0.15, 0.2) is 5.78 Å². The molecule has 0 radical (unpaired) electrons. The summed E-state index contributed by atoms with van der Waals surface area (Å²) < 4.78 is 1.64. The van der Waals surface area contributed by atoms with E-state index in [1.54, 1.807) is 23.9 Å². The first-order chi connectivity index (χ1) is 9.39. The van der Waals surface area contributed by atoms with Gasteiger partial charge >= 0.3 is 0 Å². The van der Waals surface area contributed by atoms with Crippen molar-refractivity contribution < 1.29 is 14.7 Å². The van der Waals surface area contributed by atoms with Crippen LogP contribution < -0.4 is 5.32 Å². The van der Waals surface area contributed by atoms with E-state index in [9.17, 15) is 14.7 Å². The molecule has 5 nitrogen and oxygen atoms in total. The van der Waals surface area contributed by atoms with E-state index in [-0.39, 0.29) is 23.7 Å². The van der Waals surface area contributed by atoms with Crippen molar-refractivity contribution >= 4 is 11.7 Å². The van der Waals surface area contributed by atoms with Crippen molar-refractivity contribution in [3.05, 3.63) is 23.5 Å². The number of nitrogens with one attached hydrogen (secondary N) is 1. The maximum Gasteiger partial charge on any atom is 0.267 e. The molecule has 0 aromatic carbocycles. The average Bonchev–Trinajstić information content (AvgIpc) is 2.83. The van der Waals surface area contributed by atoms with E-state index in [1.165, 1.54) is 6.92 Å². The standard InChI is InChI=1S/C15H24N2O3/c1-5-15(6-2,10-18)9-16-14(20)13-7-12(11(3)19)8-17(13)4/h7-8,18H,5-6,9-10H2,1-4H3,(H,16,20). The fraction of sp³-hybridized carbons (Fsp3) is 0.600. The third-order valence-corrected chi connectivity index (χ3v) is 4.10. The molecule has 0 aliphatic heterocycles. The lowest BCUT2D eigenvalue weighted by molar-refractivity contribution is 0.0844. The molecule has 5 heteroatoms. The van der Waals surface area contributed by atoms with Gasteiger partial charge < -0.3 is 15.0 Å². The van der Waals surface area contributed by atoms with Crippen LogP contribution in [0.15, 0.2) is 12.3 Å². The molecule has 2 N–H and O–H groups in total. The van der Waals surface area contributed by atoms with Gasteiger partial charge in [-0.25, -0.2) is 0 Å². The molecule has 0 unspecified atom stereocenters. The Hall–Kier alpha value is -1.62. The van der Waals surface area contributed by atoms with Gasteiger partial charge in [-0.05, 0) is 25.8 Å². The summed E-state index contributed by atoms with van der Waals surface area (Å²) in [4.78, 5) is 23.5. The molecule has 0 saturated heterocycles. The Morgan fingerprint density at radius 2 is 1.95 bits per heavy atom. The van der Waals surface area contributed by atoms with Gasteiger partial charge in [0.25, 0.3) is 5.91 Å². The van der Waals surface area contributed by atoms with Crippen LogP contribution >= 0.6 is 0 Å². The van der Waals surface area contributed by atoms with Crippen LogP contribution in [0, 0.1) is 5.41 Å². The number of carbonyl (C=O) groups is 2. The Balaban J connectivity index is 2.79. The number of aliphatic hydroxyl groups excluding tert-OH is 1. The fourth-order valence-corrected chi connectivity index (χ4v) is 2.12. The second-order valence-corrected chi connectivity index (χ2v) is 5.33. The minimum atomic E-state index is -0.274. The monoisotopic (exact) mass is 280 g/mol. The SMILES string of the molecule is CCC(CC)(CO)CNC(=O)c1cc(C(C)=O)cn1C. The number of carbonyl (C=O) groups excluding carboxylic acids is 2. The average molecular weight is 280 g/mol. The predicted octanol–water partition coefficient (Wildman–Crippen LogP) is 1.76. The molecule has 0 aliphatic rings. The third-order valence-electron chi connectivity index (χ3n) is 4.10. The molecule has 1 heterocycles. The lowest BCUT2D eigenvalue weighted by atomic mass is 9.83. The van der Waals surface area contributed by atoms with E-state index in [1.807, 2.05) is 13.8 Å². The van der Waals surface area contributed by atoms with Gasteiger partial charge in [0.05, 0.1) is 6.61 Å². The van der Waals surface area contributed by atoms with Crippen LogP contribution in [0.3, 0.4) is 0 Å². The van der Waals surface area contributed by atoms with Gasteiger partial charge in [-0.15, -0.1) is 0 Å². The summed E-state index contributed by atoms with van der Waals surface area (Å²) in [6.45, 7) is 5.95. The first-order valence-corrected chi connectivity index (χ1v) is 6.95. The summed E-state index contributed by atoms with van der Waals surface area (Å²) in [6.07, 6.45) is 3.24. The van der Waals surface area contributed by atoms with Crippen molar-refractivity contribution in [2.24, 2.45) is 12.5 Å². The van der Waals surface area contributed by atoms with E-state index in [4.69, 9.17) is 0 Å². The number of rotatable bonds is 7. The van der Waals surface area contributed by atoms with E-state index >= 15 is 0 Å². The molecular formula is C15H24N2O3. The number of amides is 1. The van der Waals surface area contributed by atoms with Crippen molar-refractivity contribution in [1.29, 1.82) is 0 Å². The molecule has 0 fully saturated rings. The van der Waals surface area contributed by atoms with Gasteiger partial charge in [-0.3, -0.25) is 9.59 Å². The van der Waals surface area contributed by atoms with Crippen LogP contribution in [0.1, 0.15) is 54.5 Å². The maximum atomic E-state index is 12.2. The maximum absolute atomic E-state index is 12.2. The Morgan fingerprint density at radius 3 is 2.35 bits per heavy atom. The number of nitrogens with zero attached hydrogens (tertiary/aromatic N) is 1. The molecule has 0 saturated carbocycles. The highest BCUT2D eigenvalue weighted by molar-refractivity contribution is 5.99. The molecular weight excluding hydrogens is 256 g/mol. The van der Waals surface area contributed by atoms with E-state index in [0.29, 0.717) is 17.8 Å². The number of aliphatic hydroxyl groups is 1. The van der Waals surface area contributed by atoms with Gasteiger partial charge in [-0.2, -0.15) is 0 Å². The molecule has 20 heavy (non-hydrogen) atoms. The second kappa shape index (κ2) is 6.70. The summed E-state index contributed by atoms with van der Waals surface area (Å²) in [7, 11) is 1.74. The Morgan fingerprint density at radius 1 is 1.35 bits per heavy atom. The molecule has 0 bridgehead atoms. The zero-order valence-corrected chi connectivity index (χ0v) is 12.7. The predicted molar refractivity (Wildman–Crippen MR) is 77.9 cm³/mol. The lowest BCUT2D eigenvalue weighted by Crippen LogP contribution is -2.39. The molecule has 0 spiro atoms. The first kappa shape index (κ1) is 16.4. The molecule has 1 rings (SSSR count).